The summed E-state index contributed by atoms with van der Waals surface area (Å²) in [6.07, 6.45) is 1.66. The first-order chi connectivity index (χ1) is 17.5. The van der Waals surface area contributed by atoms with E-state index >= 15 is 0 Å². The van der Waals surface area contributed by atoms with Crippen LogP contribution in [0.4, 0.5) is 8.78 Å². The highest BCUT2D eigenvalue weighted by molar-refractivity contribution is 7.91. The number of carbonyl (C=O) groups excluding carboxylic acids is 1. The molecule has 2 aromatic carbocycles. The second kappa shape index (κ2) is 10.8. The van der Waals surface area contributed by atoms with Gasteiger partial charge in [-0.1, -0.05) is 17.7 Å². The lowest BCUT2D eigenvalue weighted by Crippen LogP contribution is -2.28. The summed E-state index contributed by atoms with van der Waals surface area (Å²) < 4.78 is 53.7. The number of amides is 1. The standard InChI is InChI=1S/C26H23ClF2N4O3S/c1-16-13-18(9-11-30-16)15-33(2)26(34)23-25(32-24(31-23)19-4-6-20(28)7-5-19)37(35,36)12-10-17-3-8-22(29)21(27)14-17/h3-9,11,13-14H,10,12,15H2,1-2H3,(H,31,32). The third kappa shape index (κ3) is 6.20. The lowest BCUT2D eigenvalue weighted by molar-refractivity contribution is 0.0775. The van der Waals surface area contributed by atoms with E-state index in [9.17, 15) is 22.0 Å². The average molecular weight is 545 g/mol. The SMILES string of the molecule is Cc1cc(CN(C)C(=O)c2nc(-c3ccc(F)cc3)[nH]c2S(=O)(=O)CCc2ccc(F)c(Cl)c2)ccn1. The van der Waals surface area contributed by atoms with E-state index in [1.165, 1.54) is 41.3 Å². The maximum Gasteiger partial charge on any atom is 0.275 e. The summed E-state index contributed by atoms with van der Waals surface area (Å²) in [5.41, 5.74) is 2.25. The second-order valence-electron chi connectivity index (χ2n) is 8.55. The van der Waals surface area contributed by atoms with Gasteiger partial charge in [0.05, 0.1) is 10.8 Å². The molecule has 0 saturated heterocycles. The number of rotatable bonds is 8. The van der Waals surface area contributed by atoms with Gasteiger partial charge >= 0.3 is 0 Å². The van der Waals surface area contributed by atoms with E-state index in [-0.39, 0.29) is 40.3 Å². The average Bonchev–Trinajstić information content (AvgIpc) is 3.31. The molecule has 192 valence electrons. The van der Waals surface area contributed by atoms with Crippen molar-refractivity contribution in [2.45, 2.75) is 24.9 Å². The first-order valence-electron chi connectivity index (χ1n) is 11.2. The maximum atomic E-state index is 13.5. The summed E-state index contributed by atoms with van der Waals surface area (Å²) in [4.78, 5) is 26.0. The van der Waals surface area contributed by atoms with E-state index in [0.717, 1.165) is 17.3 Å². The minimum absolute atomic E-state index is 0.0347. The molecule has 0 unspecified atom stereocenters. The topological polar surface area (TPSA) is 96.0 Å². The summed E-state index contributed by atoms with van der Waals surface area (Å²) in [6.45, 7) is 2.03. The normalized spacial score (nSPS) is 11.5. The Kier molecular flexibility index (Phi) is 7.70. The Bertz CT molecular complexity index is 1560. The molecular formula is C26H23ClF2N4O3S. The van der Waals surface area contributed by atoms with Crippen LogP contribution in [0.25, 0.3) is 11.4 Å². The van der Waals surface area contributed by atoms with Gasteiger partial charge in [-0.25, -0.2) is 22.2 Å². The van der Waals surface area contributed by atoms with Crippen molar-refractivity contribution in [2.75, 3.05) is 12.8 Å². The highest BCUT2D eigenvalue weighted by atomic mass is 35.5. The Morgan fingerprint density at radius 1 is 1.05 bits per heavy atom. The van der Waals surface area contributed by atoms with Crippen molar-refractivity contribution in [3.05, 3.63) is 100.0 Å². The van der Waals surface area contributed by atoms with Gasteiger partial charge in [0, 0.05) is 31.0 Å². The number of aromatic amines is 1. The van der Waals surface area contributed by atoms with E-state index in [4.69, 9.17) is 11.6 Å². The van der Waals surface area contributed by atoms with Crippen molar-refractivity contribution in [3.63, 3.8) is 0 Å². The van der Waals surface area contributed by atoms with Crippen molar-refractivity contribution in [1.82, 2.24) is 19.9 Å². The van der Waals surface area contributed by atoms with E-state index in [0.29, 0.717) is 11.1 Å². The van der Waals surface area contributed by atoms with Crippen LogP contribution >= 0.6 is 11.6 Å². The van der Waals surface area contributed by atoms with Crippen LogP contribution in [0.5, 0.6) is 0 Å². The molecule has 0 atom stereocenters. The number of halogens is 3. The minimum Gasteiger partial charge on any atom is -0.336 e. The fourth-order valence-electron chi connectivity index (χ4n) is 3.75. The molecule has 2 heterocycles. The fraction of sp³-hybridized carbons (Fsp3) is 0.192. The Labute approximate surface area is 218 Å². The van der Waals surface area contributed by atoms with Crippen molar-refractivity contribution in [3.8, 4) is 11.4 Å². The summed E-state index contributed by atoms with van der Waals surface area (Å²) in [5, 5.41) is -0.457. The zero-order valence-corrected chi connectivity index (χ0v) is 21.6. The molecule has 0 radical (unpaired) electrons. The zero-order chi connectivity index (χ0) is 26.7. The second-order valence-corrected chi connectivity index (χ2v) is 11.0. The summed E-state index contributed by atoms with van der Waals surface area (Å²) in [7, 11) is -2.51. The molecule has 2 aromatic heterocycles. The predicted octanol–water partition coefficient (Wildman–Crippen LogP) is 5.00. The van der Waals surface area contributed by atoms with Gasteiger partial charge in [-0.3, -0.25) is 9.78 Å². The number of nitrogens with zero attached hydrogens (tertiary/aromatic N) is 3. The number of imidazole rings is 1. The number of hydrogen-bond acceptors (Lipinski definition) is 5. The van der Waals surface area contributed by atoms with Gasteiger partial charge in [-0.15, -0.1) is 0 Å². The lowest BCUT2D eigenvalue weighted by Gasteiger charge is -2.17. The fourth-order valence-corrected chi connectivity index (χ4v) is 5.34. The van der Waals surface area contributed by atoms with Crippen LogP contribution in [0.2, 0.25) is 5.02 Å². The Balaban J connectivity index is 1.68. The summed E-state index contributed by atoms with van der Waals surface area (Å²) in [6, 6.07) is 12.8. The van der Waals surface area contributed by atoms with Gasteiger partial charge < -0.3 is 9.88 Å². The molecule has 0 fully saturated rings. The van der Waals surface area contributed by atoms with Gasteiger partial charge in [0.1, 0.15) is 17.5 Å². The molecule has 0 bridgehead atoms. The predicted molar refractivity (Wildman–Crippen MR) is 136 cm³/mol. The number of pyridine rings is 1. The summed E-state index contributed by atoms with van der Waals surface area (Å²) >= 11 is 5.82. The first kappa shape index (κ1) is 26.4. The third-order valence-corrected chi connectivity index (χ3v) is 7.62. The molecule has 0 aliphatic rings. The molecule has 4 rings (SSSR count). The van der Waals surface area contributed by atoms with Gasteiger partial charge in [0.15, 0.2) is 20.6 Å². The molecule has 1 N–H and O–H groups in total. The first-order valence-corrected chi connectivity index (χ1v) is 13.3. The highest BCUT2D eigenvalue weighted by Crippen LogP contribution is 2.25. The summed E-state index contributed by atoms with van der Waals surface area (Å²) in [5.74, 6) is -1.95. The van der Waals surface area contributed by atoms with Crippen LogP contribution in [0, 0.1) is 18.6 Å². The van der Waals surface area contributed by atoms with E-state index < -0.39 is 27.4 Å². The molecule has 37 heavy (non-hydrogen) atoms. The number of benzene rings is 2. The number of aromatic nitrogens is 3. The highest BCUT2D eigenvalue weighted by Gasteiger charge is 2.30. The van der Waals surface area contributed by atoms with E-state index in [2.05, 4.69) is 15.0 Å². The van der Waals surface area contributed by atoms with Crippen LogP contribution in [0.3, 0.4) is 0 Å². The number of carbonyl (C=O) groups is 1. The molecule has 7 nitrogen and oxygen atoms in total. The number of hydrogen-bond donors (Lipinski definition) is 1. The van der Waals surface area contributed by atoms with Gasteiger partial charge in [-0.05, 0) is 73.0 Å². The lowest BCUT2D eigenvalue weighted by atomic mass is 10.2. The zero-order valence-electron chi connectivity index (χ0n) is 20.0. The quantitative estimate of drug-likeness (QED) is 0.337. The number of sulfone groups is 1. The van der Waals surface area contributed by atoms with Crippen LogP contribution in [-0.4, -0.2) is 47.0 Å². The molecule has 4 aromatic rings. The van der Waals surface area contributed by atoms with Gasteiger partial charge in [0.2, 0.25) is 0 Å². The molecule has 0 spiro atoms. The van der Waals surface area contributed by atoms with Gasteiger partial charge in [0.25, 0.3) is 5.91 Å². The van der Waals surface area contributed by atoms with E-state index in [1.807, 2.05) is 13.0 Å². The Morgan fingerprint density at radius 2 is 1.78 bits per heavy atom. The largest absolute Gasteiger partial charge is 0.336 e. The molecule has 0 aliphatic heterocycles. The number of aryl methyl sites for hydroxylation is 2. The molecule has 1 amide bonds. The van der Waals surface area contributed by atoms with Gasteiger partial charge in [-0.2, -0.15) is 0 Å². The monoisotopic (exact) mass is 544 g/mol. The minimum atomic E-state index is -4.05. The molecular weight excluding hydrogens is 522 g/mol. The Hall–Kier alpha value is -3.63. The van der Waals surface area contributed by atoms with Crippen LogP contribution < -0.4 is 0 Å². The number of nitrogens with one attached hydrogen (secondary N) is 1. The van der Waals surface area contributed by atoms with Crippen molar-refractivity contribution in [1.29, 1.82) is 0 Å². The van der Waals surface area contributed by atoms with Crippen LogP contribution in [0.15, 0.2) is 65.8 Å². The molecule has 11 heteroatoms. The maximum absolute atomic E-state index is 13.5. The van der Waals surface area contributed by atoms with Crippen molar-refractivity contribution < 1.29 is 22.0 Å². The van der Waals surface area contributed by atoms with Crippen LogP contribution in [-0.2, 0) is 22.8 Å². The molecule has 0 aliphatic carbocycles. The van der Waals surface area contributed by atoms with Crippen LogP contribution in [0.1, 0.15) is 27.3 Å². The Morgan fingerprint density at radius 3 is 2.46 bits per heavy atom. The van der Waals surface area contributed by atoms with Crippen molar-refractivity contribution >= 4 is 27.3 Å². The smallest absolute Gasteiger partial charge is 0.275 e. The van der Waals surface area contributed by atoms with Crippen molar-refractivity contribution in [2.24, 2.45) is 0 Å². The van der Waals surface area contributed by atoms with E-state index in [1.54, 1.807) is 19.3 Å². The number of H-pyrrole nitrogens is 1. The third-order valence-electron chi connectivity index (χ3n) is 5.67. The molecule has 0 saturated carbocycles.